The molecule has 144 valence electrons. The number of carbonyl (C=O) groups excluding carboxylic acids is 1. The summed E-state index contributed by atoms with van der Waals surface area (Å²) in [5.74, 6) is -0.315. The molecule has 1 amide bonds. The van der Waals surface area contributed by atoms with E-state index in [4.69, 9.17) is 11.6 Å². The van der Waals surface area contributed by atoms with Crippen LogP contribution in [0.3, 0.4) is 0 Å². The van der Waals surface area contributed by atoms with Gasteiger partial charge in [-0.05, 0) is 31.0 Å². The van der Waals surface area contributed by atoms with Crippen molar-refractivity contribution in [1.82, 2.24) is 9.97 Å². The third-order valence-electron chi connectivity index (χ3n) is 4.62. The molecule has 0 aliphatic carbocycles. The Morgan fingerprint density at radius 1 is 1.29 bits per heavy atom. The maximum atomic E-state index is 12.5. The van der Waals surface area contributed by atoms with Gasteiger partial charge in [0.2, 0.25) is 0 Å². The fraction of sp³-hybridized carbons (Fsp3) is 0.250. The molecule has 3 aromatic rings. The molecule has 8 heteroatoms. The molecule has 1 fully saturated rings. The summed E-state index contributed by atoms with van der Waals surface area (Å²) in [6, 6.07) is 11.0. The van der Waals surface area contributed by atoms with Crippen molar-refractivity contribution in [2.45, 2.75) is 18.9 Å². The van der Waals surface area contributed by atoms with Crippen molar-refractivity contribution < 1.29 is 9.90 Å². The summed E-state index contributed by atoms with van der Waals surface area (Å²) in [6.45, 7) is 1.48. The first kappa shape index (κ1) is 18.9. The number of hydrogen-bond donors (Lipinski definition) is 2. The van der Waals surface area contributed by atoms with Gasteiger partial charge in [-0.15, -0.1) is 11.3 Å². The zero-order valence-electron chi connectivity index (χ0n) is 15.0. The average molecular weight is 415 g/mol. The Bertz CT molecular complexity index is 976. The molecule has 1 saturated heterocycles. The monoisotopic (exact) mass is 414 g/mol. The van der Waals surface area contributed by atoms with Crippen LogP contribution >= 0.6 is 22.9 Å². The van der Waals surface area contributed by atoms with Crippen LogP contribution in [-0.2, 0) is 0 Å². The van der Waals surface area contributed by atoms with Gasteiger partial charge in [-0.25, -0.2) is 9.97 Å². The van der Waals surface area contributed by atoms with Crippen LogP contribution < -0.4 is 10.2 Å². The van der Waals surface area contributed by atoms with Gasteiger partial charge in [0, 0.05) is 29.1 Å². The van der Waals surface area contributed by atoms with Gasteiger partial charge in [-0.1, -0.05) is 29.8 Å². The van der Waals surface area contributed by atoms with E-state index in [1.807, 2.05) is 29.6 Å². The molecule has 0 unspecified atom stereocenters. The van der Waals surface area contributed by atoms with Crippen LogP contribution in [0.15, 0.2) is 48.0 Å². The number of aromatic nitrogens is 2. The molecular weight excluding hydrogens is 396 g/mol. The average Bonchev–Trinajstić information content (AvgIpc) is 3.16. The highest BCUT2D eigenvalue weighted by atomic mass is 35.5. The molecule has 4 rings (SSSR count). The van der Waals surface area contributed by atoms with Crippen molar-refractivity contribution in [1.29, 1.82) is 0 Å². The standard InChI is InChI=1S/C20H19ClN4O2S/c21-16-6-2-1-5-15(16)18-12-28-20(23-18)24-19(27)17-8-7-13(10-22-17)25-9-3-4-14(26)11-25/h1-2,5-8,10,12,14,26H,3-4,9,11H2,(H,23,24,27)/t14-/m0/s1. The van der Waals surface area contributed by atoms with Gasteiger partial charge in [-0.2, -0.15) is 0 Å². The Morgan fingerprint density at radius 2 is 2.14 bits per heavy atom. The van der Waals surface area contributed by atoms with E-state index in [0.717, 1.165) is 36.3 Å². The Morgan fingerprint density at radius 3 is 2.89 bits per heavy atom. The molecule has 0 spiro atoms. The molecule has 28 heavy (non-hydrogen) atoms. The molecule has 0 radical (unpaired) electrons. The van der Waals surface area contributed by atoms with Gasteiger partial charge in [0.1, 0.15) is 5.69 Å². The summed E-state index contributed by atoms with van der Waals surface area (Å²) in [5.41, 5.74) is 2.77. The van der Waals surface area contributed by atoms with E-state index in [1.165, 1.54) is 11.3 Å². The number of carbonyl (C=O) groups is 1. The summed E-state index contributed by atoms with van der Waals surface area (Å²) < 4.78 is 0. The largest absolute Gasteiger partial charge is 0.391 e. The SMILES string of the molecule is O=C(Nc1nc(-c2ccccc2Cl)cs1)c1ccc(N2CCC[C@H](O)C2)cn1. The number of halogens is 1. The van der Waals surface area contributed by atoms with Crippen molar-refractivity contribution in [2.75, 3.05) is 23.3 Å². The number of piperidine rings is 1. The Labute approximate surface area is 171 Å². The lowest BCUT2D eigenvalue weighted by Crippen LogP contribution is -2.38. The Balaban J connectivity index is 1.43. The number of nitrogens with zero attached hydrogens (tertiary/aromatic N) is 3. The highest BCUT2D eigenvalue weighted by Gasteiger charge is 2.19. The zero-order chi connectivity index (χ0) is 19.5. The summed E-state index contributed by atoms with van der Waals surface area (Å²) in [4.78, 5) is 23.3. The number of amides is 1. The molecule has 6 nitrogen and oxygen atoms in total. The fourth-order valence-corrected chi connectivity index (χ4v) is 4.12. The van der Waals surface area contributed by atoms with E-state index in [9.17, 15) is 9.90 Å². The van der Waals surface area contributed by atoms with Crippen LogP contribution in [0, 0.1) is 0 Å². The third-order valence-corrected chi connectivity index (χ3v) is 5.70. The van der Waals surface area contributed by atoms with Gasteiger partial charge in [0.25, 0.3) is 5.91 Å². The van der Waals surface area contributed by atoms with Crippen LogP contribution in [0.25, 0.3) is 11.3 Å². The number of aliphatic hydroxyl groups excluding tert-OH is 1. The molecule has 1 aliphatic heterocycles. The van der Waals surface area contributed by atoms with Crippen LogP contribution in [0.1, 0.15) is 23.3 Å². The van der Waals surface area contributed by atoms with Gasteiger partial charge in [0.15, 0.2) is 5.13 Å². The number of β-amino-alcohol motifs (C(OH)–C–C–N with tert-alkyl or cyclic N) is 1. The molecule has 3 heterocycles. The first-order valence-corrected chi connectivity index (χ1v) is 10.3. The highest BCUT2D eigenvalue weighted by Crippen LogP contribution is 2.30. The maximum absolute atomic E-state index is 12.5. The first-order valence-electron chi connectivity index (χ1n) is 9.01. The minimum Gasteiger partial charge on any atom is -0.391 e. The predicted octanol–water partition coefficient (Wildman–Crippen LogP) is 4.07. The topological polar surface area (TPSA) is 78.4 Å². The number of pyridine rings is 1. The number of anilines is 2. The van der Waals surface area contributed by atoms with Crippen molar-refractivity contribution in [3.05, 3.63) is 58.7 Å². The van der Waals surface area contributed by atoms with Crippen molar-refractivity contribution >= 4 is 39.7 Å². The summed E-state index contributed by atoms with van der Waals surface area (Å²) >= 11 is 7.54. The molecule has 1 aliphatic rings. The Hall–Kier alpha value is -2.48. The molecule has 0 saturated carbocycles. The van der Waals surface area contributed by atoms with Crippen molar-refractivity contribution in [2.24, 2.45) is 0 Å². The smallest absolute Gasteiger partial charge is 0.276 e. The van der Waals surface area contributed by atoms with Crippen LogP contribution in [-0.4, -0.2) is 40.2 Å². The lowest BCUT2D eigenvalue weighted by Gasteiger charge is -2.31. The lowest BCUT2D eigenvalue weighted by molar-refractivity contribution is 0.102. The fourth-order valence-electron chi connectivity index (χ4n) is 3.18. The van der Waals surface area contributed by atoms with Crippen LogP contribution in [0.2, 0.25) is 5.02 Å². The van der Waals surface area contributed by atoms with E-state index < -0.39 is 0 Å². The summed E-state index contributed by atoms with van der Waals surface area (Å²) in [6.07, 6.45) is 3.13. The molecule has 2 N–H and O–H groups in total. The lowest BCUT2D eigenvalue weighted by atomic mass is 10.1. The first-order chi connectivity index (χ1) is 13.6. The van der Waals surface area contributed by atoms with Gasteiger partial charge in [0.05, 0.1) is 23.7 Å². The predicted molar refractivity (Wildman–Crippen MR) is 112 cm³/mol. The molecule has 1 atom stereocenters. The molecular formula is C20H19ClN4O2S. The number of rotatable bonds is 4. The molecule has 0 bridgehead atoms. The maximum Gasteiger partial charge on any atom is 0.276 e. The third kappa shape index (κ3) is 4.16. The van der Waals surface area contributed by atoms with E-state index >= 15 is 0 Å². The minimum absolute atomic E-state index is 0.311. The molecule has 2 aromatic heterocycles. The number of aliphatic hydroxyl groups is 1. The second-order valence-corrected chi connectivity index (χ2v) is 7.88. The van der Waals surface area contributed by atoms with E-state index in [0.29, 0.717) is 22.4 Å². The van der Waals surface area contributed by atoms with Gasteiger partial charge in [-0.3, -0.25) is 10.1 Å². The van der Waals surface area contributed by atoms with Crippen molar-refractivity contribution in [3.63, 3.8) is 0 Å². The second-order valence-electron chi connectivity index (χ2n) is 6.62. The van der Waals surface area contributed by atoms with E-state index in [-0.39, 0.29) is 12.0 Å². The van der Waals surface area contributed by atoms with Crippen molar-refractivity contribution in [3.8, 4) is 11.3 Å². The normalized spacial score (nSPS) is 16.8. The van der Waals surface area contributed by atoms with E-state index in [1.54, 1.807) is 18.3 Å². The number of thiazole rings is 1. The van der Waals surface area contributed by atoms with Gasteiger partial charge >= 0.3 is 0 Å². The highest BCUT2D eigenvalue weighted by molar-refractivity contribution is 7.14. The van der Waals surface area contributed by atoms with Gasteiger partial charge < -0.3 is 10.0 Å². The summed E-state index contributed by atoms with van der Waals surface area (Å²) in [7, 11) is 0. The number of nitrogens with one attached hydrogen (secondary N) is 1. The minimum atomic E-state index is -0.315. The Kier molecular flexibility index (Phi) is 5.57. The quantitative estimate of drug-likeness (QED) is 0.672. The van der Waals surface area contributed by atoms with Crippen LogP contribution in [0.4, 0.5) is 10.8 Å². The van der Waals surface area contributed by atoms with Crippen LogP contribution in [0.5, 0.6) is 0 Å². The molecule has 1 aromatic carbocycles. The second kappa shape index (κ2) is 8.26. The zero-order valence-corrected chi connectivity index (χ0v) is 16.6. The number of hydrogen-bond acceptors (Lipinski definition) is 6. The number of benzene rings is 1. The summed E-state index contributed by atoms with van der Waals surface area (Å²) in [5, 5.41) is 15.6. The van der Waals surface area contributed by atoms with E-state index in [2.05, 4.69) is 20.2 Å².